The molecule has 2 nitrogen and oxygen atoms in total. The summed E-state index contributed by atoms with van der Waals surface area (Å²) in [4.78, 5) is 5.15. The fourth-order valence-electron chi connectivity index (χ4n) is 5.02. The Morgan fingerprint density at radius 2 is 0.786 bits per heavy atom. The smallest absolute Gasteiger partial charge is 0.276 e. The summed E-state index contributed by atoms with van der Waals surface area (Å²) in [6.45, 7) is 19.3. The second-order valence-electron chi connectivity index (χ2n) is 9.70. The second-order valence-corrected chi connectivity index (χ2v) is 9.70. The predicted octanol–water partition coefficient (Wildman–Crippen LogP) is 5.63. The van der Waals surface area contributed by atoms with Gasteiger partial charge in [0.05, 0.1) is 0 Å². The van der Waals surface area contributed by atoms with Gasteiger partial charge in [-0.3, -0.25) is 0 Å². The zero-order valence-electron chi connectivity index (χ0n) is 19.5. The van der Waals surface area contributed by atoms with Crippen LogP contribution in [0.3, 0.4) is 0 Å². The average molecular weight is 380 g/mol. The Labute approximate surface area is 176 Å². The maximum Gasteiger partial charge on any atom is 0.276 e. The van der Waals surface area contributed by atoms with Gasteiger partial charge in [0.25, 0.3) is 13.7 Å². The summed E-state index contributed by atoms with van der Waals surface area (Å²) in [5.41, 5.74) is 0. The van der Waals surface area contributed by atoms with Crippen LogP contribution in [0.1, 0.15) is 68.2 Å². The van der Waals surface area contributed by atoms with Crippen molar-refractivity contribution in [1.29, 1.82) is 0 Å². The molecule has 28 heavy (non-hydrogen) atoms. The van der Waals surface area contributed by atoms with Crippen LogP contribution in [0.25, 0.3) is 0 Å². The molecule has 4 heteroatoms. The van der Waals surface area contributed by atoms with Crippen LogP contribution in [0.15, 0.2) is 48.2 Å². The summed E-state index contributed by atoms with van der Waals surface area (Å²) in [6, 6.07) is 2.27. The zero-order valence-corrected chi connectivity index (χ0v) is 19.5. The first-order valence-electron chi connectivity index (χ1n) is 11.5. The van der Waals surface area contributed by atoms with Crippen LogP contribution in [0.4, 0.5) is 0 Å². The average Bonchev–Trinajstić information content (AvgIpc) is 2.61. The lowest BCUT2D eigenvalue weighted by molar-refractivity contribution is 0.308. The Morgan fingerprint density at radius 1 is 0.536 bits per heavy atom. The zero-order chi connectivity index (χ0) is 20.8. The molecule has 2 rings (SSSR count). The van der Waals surface area contributed by atoms with E-state index < -0.39 is 0 Å². The molecule has 0 saturated heterocycles. The van der Waals surface area contributed by atoms with E-state index in [0.29, 0.717) is 49.7 Å². The molecule has 154 valence electrons. The van der Waals surface area contributed by atoms with Crippen LogP contribution in [0, 0.1) is 11.8 Å². The van der Waals surface area contributed by atoms with Gasteiger partial charge in [0.2, 0.25) is 0 Å². The molecule has 2 aliphatic heterocycles. The van der Waals surface area contributed by atoms with Crippen LogP contribution in [-0.2, 0) is 0 Å². The normalized spacial score (nSPS) is 18.5. The maximum absolute atomic E-state index is 2.57. The molecule has 0 aromatic heterocycles. The number of rotatable bonds is 9. The molecule has 0 saturated carbocycles. The van der Waals surface area contributed by atoms with E-state index in [-0.39, 0.29) is 0 Å². The van der Waals surface area contributed by atoms with Crippen molar-refractivity contribution in [3.05, 3.63) is 48.2 Å². The van der Waals surface area contributed by atoms with Crippen molar-refractivity contribution < 1.29 is 0 Å². The van der Waals surface area contributed by atoms with Crippen LogP contribution in [0.5, 0.6) is 0 Å². The third kappa shape index (κ3) is 6.26. The third-order valence-electron chi connectivity index (χ3n) is 6.13. The van der Waals surface area contributed by atoms with E-state index in [0.717, 1.165) is 0 Å². The fraction of sp³-hybridized carbons (Fsp3) is 0.667. The van der Waals surface area contributed by atoms with Gasteiger partial charge in [-0.05, 0) is 48.8 Å². The molecule has 0 unspecified atom stereocenters. The number of hydrogen-bond donors (Lipinski definition) is 0. The first-order chi connectivity index (χ1) is 13.2. The Kier molecular flexibility index (Phi) is 8.89. The number of allylic oxidation sites excluding steroid dienone is 4. The van der Waals surface area contributed by atoms with Crippen molar-refractivity contribution in [3.8, 4) is 0 Å². The minimum Gasteiger partial charge on any atom is -0.330 e. The highest BCUT2D eigenvalue weighted by Gasteiger charge is 2.27. The summed E-state index contributed by atoms with van der Waals surface area (Å²) in [7, 11) is 0. The van der Waals surface area contributed by atoms with Gasteiger partial charge in [0.1, 0.15) is 0 Å². The van der Waals surface area contributed by atoms with Crippen LogP contribution < -0.4 is 0 Å². The first kappa shape index (κ1) is 23.3. The molecule has 0 atom stereocenters. The number of nitrogens with zero attached hydrogens (tertiary/aromatic N) is 2. The van der Waals surface area contributed by atoms with Gasteiger partial charge in [-0.2, -0.15) is 0 Å². The van der Waals surface area contributed by atoms with Crippen molar-refractivity contribution in [2.24, 2.45) is 11.8 Å². The van der Waals surface area contributed by atoms with E-state index in [1.807, 2.05) is 0 Å². The lowest BCUT2D eigenvalue weighted by atomic mass is 9.55. The van der Waals surface area contributed by atoms with E-state index in [2.05, 4.69) is 113 Å². The molecular formula is C24H42B2N2. The molecule has 2 heterocycles. The Morgan fingerprint density at radius 3 is 1.00 bits per heavy atom. The van der Waals surface area contributed by atoms with Crippen LogP contribution in [-0.4, -0.2) is 47.5 Å². The van der Waals surface area contributed by atoms with Gasteiger partial charge in [-0.1, -0.05) is 104 Å². The highest BCUT2D eigenvalue weighted by molar-refractivity contribution is 6.67. The summed E-state index contributed by atoms with van der Waals surface area (Å²) in [5, 5.41) is 0. The molecule has 0 fully saturated rings. The Bertz CT molecular complexity index is 493. The molecular weight excluding hydrogens is 338 g/mol. The second kappa shape index (κ2) is 10.7. The van der Waals surface area contributed by atoms with Gasteiger partial charge in [-0.15, -0.1) is 0 Å². The predicted molar refractivity (Wildman–Crippen MR) is 129 cm³/mol. The van der Waals surface area contributed by atoms with E-state index in [1.54, 1.807) is 0 Å². The Balaban J connectivity index is 1.84. The monoisotopic (exact) mass is 380 g/mol. The molecule has 0 aromatic carbocycles. The molecule has 0 spiro atoms. The molecule has 0 N–H and O–H groups in total. The van der Waals surface area contributed by atoms with Crippen molar-refractivity contribution in [1.82, 2.24) is 9.62 Å². The maximum atomic E-state index is 2.57. The SMILES string of the molecule is CC(C)N(B1C=CC(CCC2C=CB(N(C(C)C)C(C)C)C=C2)C=C1)C(C)C. The lowest BCUT2D eigenvalue weighted by Gasteiger charge is -2.35. The minimum atomic E-state index is 0.449. The summed E-state index contributed by atoms with van der Waals surface area (Å²) < 4.78 is 0. The topological polar surface area (TPSA) is 6.48 Å². The lowest BCUT2D eigenvalue weighted by Crippen LogP contribution is -2.47. The van der Waals surface area contributed by atoms with Gasteiger partial charge >= 0.3 is 0 Å². The summed E-state index contributed by atoms with van der Waals surface area (Å²) in [5.74, 6) is 10.8. The Hall–Kier alpha value is -0.990. The van der Waals surface area contributed by atoms with E-state index in [9.17, 15) is 0 Å². The molecule has 0 radical (unpaired) electrons. The summed E-state index contributed by atoms with van der Waals surface area (Å²) in [6.07, 6.45) is 12.2. The van der Waals surface area contributed by atoms with Crippen molar-refractivity contribution in [2.75, 3.05) is 0 Å². The molecule has 0 aliphatic carbocycles. The first-order valence-corrected chi connectivity index (χ1v) is 11.5. The van der Waals surface area contributed by atoms with Gasteiger partial charge in [0, 0.05) is 0 Å². The van der Waals surface area contributed by atoms with Gasteiger partial charge in [-0.25, -0.2) is 0 Å². The fourth-order valence-corrected chi connectivity index (χ4v) is 5.02. The molecule has 0 bridgehead atoms. The molecule has 0 aromatic rings. The van der Waals surface area contributed by atoms with E-state index in [1.165, 1.54) is 12.8 Å². The summed E-state index contributed by atoms with van der Waals surface area (Å²) >= 11 is 0. The highest BCUT2D eigenvalue weighted by atomic mass is 15.1. The minimum absolute atomic E-state index is 0.449. The standard InChI is InChI=1S/C24H42B2N2/c1-19(2)27(20(3)4)25-15-11-23(12-16-25)9-10-24-13-17-26(18-14-24)28(21(5)6)22(7)8/h11-24H,9-10H2,1-8H3. The van der Waals surface area contributed by atoms with Gasteiger partial charge < -0.3 is 9.62 Å². The van der Waals surface area contributed by atoms with Crippen LogP contribution >= 0.6 is 0 Å². The number of hydrogen-bond acceptors (Lipinski definition) is 2. The highest BCUT2D eigenvalue weighted by Crippen LogP contribution is 2.24. The van der Waals surface area contributed by atoms with Crippen molar-refractivity contribution in [3.63, 3.8) is 0 Å². The van der Waals surface area contributed by atoms with E-state index >= 15 is 0 Å². The van der Waals surface area contributed by atoms with Gasteiger partial charge in [0.15, 0.2) is 0 Å². The van der Waals surface area contributed by atoms with Crippen LogP contribution in [0.2, 0.25) is 0 Å². The molecule has 0 amide bonds. The largest absolute Gasteiger partial charge is 0.330 e. The van der Waals surface area contributed by atoms with Crippen molar-refractivity contribution in [2.45, 2.75) is 92.4 Å². The van der Waals surface area contributed by atoms with E-state index in [4.69, 9.17) is 0 Å². The molecule has 2 aliphatic rings. The quantitative estimate of drug-likeness (QED) is 0.479. The third-order valence-corrected chi connectivity index (χ3v) is 6.13. The van der Waals surface area contributed by atoms with Crippen molar-refractivity contribution >= 4 is 13.7 Å².